The molecule has 2 aliphatic rings. The summed E-state index contributed by atoms with van der Waals surface area (Å²) in [6.07, 6.45) is 12.0. The summed E-state index contributed by atoms with van der Waals surface area (Å²) in [6, 6.07) is 0. The van der Waals surface area contributed by atoms with Gasteiger partial charge < -0.3 is 15.3 Å². The quantitative estimate of drug-likeness (QED) is 0.465. The number of hydrogen-bond donors (Lipinski definition) is 3. The van der Waals surface area contributed by atoms with Gasteiger partial charge in [-0.05, 0) is 62.2 Å². The molecule has 2 fully saturated rings. The summed E-state index contributed by atoms with van der Waals surface area (Å²) in [6.45, 7) is 4.46. The second-order valence-corrected chi connectivity index (χ2v) is 8.53. The number of aliphatic hydroxyl groups excluding tert-OH is 3. The Bertz CT molecular complexity index is 346. The average molecular weight is 341 g/mol. The highest BCUT2D eigenvalue weighted by atomic mass is 16.3. The smallest absolute Gasteiger partial charge is 0.0596 e. The van der Waals surface area contributed by atoms with Crippen molar-refractivity contribution in [2.75, 3.05) is 0 Å². The predicted molar refractivity (Wildman–Crippen MR) is 98.7 cm³/mol. The lowest BCUT2D eigenvalue weighted by atomic mass is 9.84. The van der Waals surface area contributed by atoms with Gasteiger partial charge in [-0.15, -0.1) is 0 Å². The van der Waals surface area contributed by atoms with E-state index >= 15 is 0 Å². The van der Waals surface area contributed by atoms with Crippen LogP contribution >= 0.6 is 0 Å². The molecule has 0 aliphatic heterocycles. The Labute approximate surface area is 148 Å². The molecule has 0 radical (unpaired) electrons. The molecule has 3 unspecified atom stereocenters. The molecule has 0 heterocycles. The van der Waals surface area contributed by atoms with E-state index < -0.39 is 0 Å². The van der Waals surface area contributed by atoms with Gasteiger partial charge in [0.25, 0.3) is 0 Å². The van der Waals surface area contributed by atoms with Crippen molar-refractivity contribution < 1.29 is 15.3 Å². The van der Waals surface area contributed by atoms with E-state index in [4.69, 9.17) is 0 Å². The summed E-state index contributed by atoms with van der Waals surface area (Å²) >= 11 is 0. The first-order valence-corrected chi connectivity index (χ1v) is 10.6. The van der Waals surface area contributed by atoms with E-state index in [2.05, 4.69) is 13.8 Å². The molecule has 0 spiro atoms. The zero-order valence-corrected chi connectivity index (χ0v) is 15.9. The Hall–Kier alpha value is -0.120. The summed E-state index contributed by atoms with van der Waals surface area (Å²) in [4.78, 5) is 0. The minimum absolute atomic E-state index is 0.182. The highest BCUT2D eigenvalue weighted by Crippen LogP contribution is 2.45. The standard InChI is InChI=1S/C21H40O3/c1-3-5-6-7-8-9-18-19(21(24)14-20(18)23)11-10-17(22)13-16-12-15(16)4-2/h15-24H,3-14H2,1-2H3/t15?,16?,17?,18-,19-,20+,21-/m1/s1. The molecule has 2 aliphatic carbocycles. The van der Waals surface area contributed by atoms with Crippen LogP contribution in [0.5, 0.6) is 0 Å². The average Bonchev–Trinajstić information content (AvgIpc) is 3.24. The SMILES string of the molecule is CCCCCCC[C@@H]1[C@@H](CCC(O)CC2CC2CC)[C@H](O)C[C@@H]1O. The van der Waals surface area contributed by atoms with Crippen molar-refractivity contribution >= 4 is 0 Å². The molecule has 2 saturated carbocycles. The van der Waals surface area contributed by atoms with Gasteiger partial charge in [-0.1, -0.05) is 52.4 Å². The van der Waals surface area contributed by atoms with Crippen LogP contribution in [0.25, 0.3) is 0 Å². The van der Waals surface area contributed by atoms with Gasteiger partial charge in [-0.25, -0.2) is 0 Å². The Morgan fingerprint density at radius 1 is 0.833 bits per heavy atom. The first-order valence-electron chi connectivity index (χ1n) is 10.6. The van der Waals surface area contributed by atoms with Gasteiger partial charge in [0.1, 0.15) is 0 Å². The molecule has 2 rings (SSSR count). The first-order chi connectivity index (χ1) is 11.6. The van der Waals surface area contributed by atoms with E-state index in [0.717, 1.165) is 43.9 Å². The minimum Gasteiger partial charge on any atom is -0.393 e. The van der Waals surface area contributed by atoms with E-state index in [-0.39, 0.29) is 30.1 Å². The molecule has 3 heteroatoms. The summed E-state index contributed by atoms with van der Waals surface area (Å²) < 4.78 is 0. The van der Waals surface area contributed by atoms with Gasteiger partial charge in [0.2, 0.25) is 0 Å². The lowest BCUT2D eigenvalue weighted by Crippen LogP contribution is -2.24. The van der Waals surface area contributed by atoms with Crippen molar-refractivity contribution in [2.24, 2.45) is 23.7 Å². The number of hydrogen-bond acceptors (Lipinski definition) is 3. The molecule has 0 saturated heterocycles. The molecule has 3 N–H and O–H groups in total. The maximum atomic E-state index is 10.3. The fraction of sp³-hybridized carbons (Fsp3) is 1.00. The third-order valence-electron chi connectivity index (χ3n) is 6.66. The first kappa shape index (κ1) is 20.2. The third kappa shape index (κ3) is 6.00. The summed E-state index contributed by atoms with van der Waals surface area (Å²) in [5, 5.41) is 30.9. The van der Waals surface area contributed by atoms with Crippen molar-refractivity contribution in [3.05, 3.63) is 0 Å². The predicted octanol–water partition coefficient (Wildman–Crippen LogP) is 4.28. The van der Waals surface area contributed by atoms with Gasteiger partial charge in [0, 0.05) is 0 Å². The van der Waals surface area contributed by atoms with Crippen LogP contribution in [0.2, 0.25) is 0 Å². The molecule has 0 aromatic rings. The summed E-state index contributed by atoms with van der Waals surface area (Å²) in [5.74, 6) is 1.99. The van der Waals surface area contributed by atoms with Crippen LogP contribution in [0.1, 0.15) is 90.9 Å². The lowest BCUT2D eigenvalue weighted by Gasteiger charge is -2.24. The van der Waals surface area contributed by atoms with E-state index in [1.807, 2.05) is 0 Å². The van der Waals surface area contributed by atoms with E-state index in [0.29, 0.717) is 6.42 Å². The van der Waals surface area contributed by atoms with Crippen LogP contribution in [-0.2, 0) is 0 Å². The second-order valence-electron chi connectivity index (χ2n) is 8.53. The molecule has 0 aromatic heterocycles. The van der Waals surface area contributed by atoms with Gasteiger partial charge in [-0.3, -0.25) is 0 Å². The van der Waals surface area contributed by atoms with Gasteiger partial charge in [0.15, 0.2) is 0 Å². The topological polar surface area (TPSA) is 60.7 Å². The van der Waals surface area contributed by atoms with Crippen molar-refractivity contribution in [3.8, 4) is 0 Å². The Morgan fingerprint density at radius 2 is 1.50 bits per heavy atom. The minimum atomic E-state index is -0.378. The second kappa shape index (κ2) is 10.1. The molecular weight excluding hydrogens is 300 g/mol. The zero-order chi connectivity index (χ0) is 17.5. The molecule has 0 bridgehead atoms. The van der Waals surface area contributed by atoms with Gasteiger partial charge in [-0.2, -0.15) is 0 Å². The molecule has 3 nitrogen and oxygen atoms in total. The zero-order valence-electron chi connectivity index (χ0n) is 15.9. The Balaban J connectivity index is 1.69. The third-order valence-corrected chi connectivity index (χ3v) is 6.66. The molecule has 0 aromatic carbocycles. The fourth-order valence-corrected chi connectivity index (χ4v) is 4.92. The van der Waals surface area contributed by atoms with Crippen molar-refractivity contribution in [3.63, 3.8) is 0 Å². The Morgan fingerprint density at radius 3 is 2.12 bits per heavy atom. The maximum Gasteiger partial charge on any atom is 0.0596 e. The normalized spacial score (nSPS) is 36.9. The van der Waals surface area contributed by atoms with Gasteiger partial charge >= 0.3 is 0 Å². The van der Waals surface area contributed by atoms with Crippen LogP contribution in [0.4, 0.5) is 0 Å². The highest BCUT2D eigenvalue weighted by Gasteiger charge is 2.41. The van der Waals surface area contributed by atoms with Gasteiger partial charge in [0.05, 0.1) is 18.3 Å². The Kier molecular flexibility index (Phi) is 8.53. The molecular formula is C21H40O3. The van der Waals surface area contributed by atoms with Crippen molar-refractivity contribution in [1.82, 2.24) is 0 Å². The van der Waals surface area contributed by atoms with Crippen molar-refractivity contribution in [2.45, 2.75) is 109 Å². The van der Waals surface area contributed by atoms with E-state index in [9.17, 15) is 15.3 Å². The molecule has 24 heavy (non-hydrogen) atoms. The van der Waals surface area contributed by atoms with E-state index in [1.165, 1.54) is 38.5 Å². The fourth-order valence-electron chi connectivity index (χ4n) is 4.92. The highest BCUT2D eigenvalue weighted by molar-refractivity contribution is 4.92. The molecule has 0 amide bonds. The van der Waals surface area contributed by atoms with Crippen LogP contribution in [-0.4, -0.2) is 33.6 Å². The van der Waals surface area contributed by atoms with E-state index in [1.54, 1.807) is 0 Å². The van der Waals surface area contributed by atoms with Crippen LogP contribution in [0.15, 0.2) is 0 Å². The van der Waals surface area contributed by atoms with Crippen LogP contribution in [0, 0.1) is 23.7 Å². The molecule has 7 atom stereocenters. The molecule has 142 valence electrons. The summed E-state index contributed by atoms with van der Waals surface area (Å²) in [7, 11) is 0. The summed E-state index contributed by atoms with van der Waals surface area (Å²) in [5.41, 5.74) is 0. The number of unbranched alkanes of at least 4 members (excludes halogenated alkanes) is 4. The largest absolute Gasteiger partial charge is 0.393 e. The van der Waals surface area contributed by atoms with Crippen LogP contribution in [0.3, 0.4) is 0 Å². The lowest BCUT2D eigenvalue weighted by molar-refractivity contribution is 0.0786. The number of rotatable bonds is 12. The monoisotopic (exact) mass is 340 g/mol. The van der Waals surface area contributed by atoms with Crippen LogP contribution < -0.4 is 0 Å². The van der Waals surface area contributed by atoms with Crippen molar-refractivity contribution in [1.29, 1.82) is 0 Å². The number of aliphatic hydroxyl groups is 3. The maximum absolute atomic E-state index is 10.3.